The molecule has 0 saturated heterocycles. The van der Waals surface area contributed by atoms with Crippen LogP contribution in [-0.4, -0.2) is 45.9 Å². The summed E-state index contributed by atoms with van der Waals surface area (Å²) in [7, 11) is 4.79. The summed E-state index contributed by atoms with van der Waals surface area (Å²) in [5.74, 6) is 3.72. The molecular formula is C25H28O7. The van der Waals surface area contributed by atoms with E-state index in [9.17, 15) is 4.79 Å². The summed E-state index contributed by atoms with van der Waals surface area (Å²) in [4.78, 5) is 12.6. The zero-order chi connectivity index (χ0) is 23.0. The third kappa shape index (κ3) is 3.51. The average Bonchev–Trinajstić information content (AvgIpc) is 2.78. The van der Waals surface area contributed by atoms with Gasteiger partial charge in [-0.1, -0.05) is 0 Å². The zero-order valence-electron chi connectivity index (χ0n) is 19.3. The molecule has 2 aliphatic heterocycles. The quantitative estimate of drug-likeness (QED) is 0.663. The maximum absolute atomic E-state index is 12.6. The summed E-state index contributed by atoms with van der Waals surface area (Å²) in [6.45, 7) is 6.20. The van der Waals surface area contributed by atoms with Gasteiger partial charge in [-0.15, -0.1) is 0 Å². The monoisotopic (exact) mass is 440 g/mol. The molecule has 0 aliphatic carbocycles. The Labute approximate surface area is 187 Å². The van der Waals surface area contributed by atoms with Crippen LogP contribution in [0.25, 0.3) is 11.3 Å². The molecule has 0 amide bonds. The molecule has 170 valence electrons. The maximum Gasteiger partial charge on any atom is 0.180 e. The van der Waals surface area contributed by atoms with Crippen molar-refractivity contribution in [2.45, 2.75) is 32.8 Å². The molecule has 0 N–H and O–H groups in total. The van der Waals surface area contributed by atoms with E-state index >= 15 is 0 Å². The molecule has 0 radical (unpaired) electrons. The van der Waals surface area contributed by atoms with E-state index in [0.29, 0.717) is 41.1 Å². The number of benzene rings is 2. The smallest absolute Gasteiger partial charge is 0.180 e. The van der Waals surface area contributed by atoms with Crippen molar-refractivity contribution in [3.05, 3.63) is 41.0 Å². The van der Waals surface area contributed by atoms with Crippen molar-refractivity contribution in [1.29, 1.82) is 0 Å². The van der Waals surface area contributed by atoms with Gasteiger partial charge in [0.05, 0.1) is 33.5 Å². The van der Waals surface area contributed by atoms with Gasteiger partial charge in [0.25, 0.3) is 0 Å². The topological polar surface area (TPSA) is 72.5 Å². The van der Waals surface area contributed by atoms with E-state index in [1.807, 2.05) is 25.1 Å². The lowest BCUT2D eigenvalue weighted by Gasteiger charge is -2.34. The van der Waals surface area contributed by atoms with E-state index in [1.54, 1.807) is 41.2 Å². The Balaban J connectivity index is 1.88. The van der Waals surface area contributed by atoms with Crippen LogP contribution in [0, 0.1) is 0 Å². The van der Waals surface area contributed by atoms with Crippen LogP contribution in [0.2, 0.25) is 0 Å². The van der Waals surface area contributed by atoms with Crippen LogP contribution in [0.3, 0.4) is 0 Å². The Morgan fingerprint density at radius 1 is 0.969 bits per heavy atom. The number of ketones is 1. The Morgan fingerprint density at radius 3 is 2.34 bits per heavy atom. The van der Waals surface area contributed by atoms with Crippen molar-refractivity contribution in [3.8, 4) is 28.7 Å². The summed E-state index contributed by atoms with van der Waals surface area (Å²) in [6, 6.07) is 7.43. The molecule has 0 spiro atoms. The molecule has 0 atom stereocenters. The first kappa shape index (κ1) is 21.9. The predicted molar refractivity (Wildman–Crippen MR) is 120 cm³/mol. The third-order valence-corrected chi connectivity index (χ3v) is 5.79. The van der Waals surface area contributed by atoms with E-state index in [1.165, 1.54) is 0 Å². The lowest BCUT2D eigenvalue weighted by Crippen LogP contribution is -2.42. The number of hydrogen-bond acceptors (Lipinski definition) is 7. The largest absolute Gasteiger partial charge is 0.496 e. The summed E-state index contributed by atoms with van der Waals surface area (Å²) >= 11 is 0. The van der Waals surface area contributed by atoms with Crippen LogP contribution in [-0.2, 0) is 16.0 Å². The number of carbonyl (C=O) groups is 1. The molecule has 0 fully saturated rings. The van der Waals surface area contributed by atoms with Gasteiger partial charge in [-0.3, -0.25) is 4.79 Å². The van der Waals surface area contributed by atoms with Crippen LogP contribution in [0.4, 0.5) is 0 Å². The molecule has 0 saturated carbocycles. The van der Waals surface area contributed by atoms with Gasteiger partial charge in [0.2, 0.25) is 0 Å². The summed E-state index contributed by atoms with van der Waals surface area (Å²) < 4.78 is 34.8. The number of rotatable bonds is 6. The van der Waals surface area contributed by atoms with E-state index < -0.39 is 5.60 Å². The van der Waals surface area contributed by atoms with E-state index in [4.69, 9.17) is 28.4 Å². The molecule has 2 aliphatic rings. The normalized spacial score (nSPS) is 16.4. The lowest BCUT2D eigenvalue weighted by molar-refractivity contribution is -0.132. The van der Waals surface area contributed by atoms with Crippen LogP contribution in [0.15, 0.2) is 24.3 Å². The molecule has 2 aromatic rings. The molecule has 32 heavy (non-hydrogen) atoms. The minimum Gasteiger partial charge on any atom is -0.496 e. The highest BCUT2D eigenvalue weighted by Gasteiger charge is 2.39. The zero-order valence-corrected chi connectivity index (χ0v) is 19.3. The first-order valence-corrected chi connectivity index (χ1v) is 10.5. The minimum atomic E-state index is -0.854. The number of Topliss-reactive ketones (excluding diaryl/α,β-unsaturated/α-hetero) is 1. The standard InChI is InChI=1S/C25H28O7/c1-7-30-19-12-21(28-5)20(27-4)10-15(19)17-13-31-24-14(23(17)29-6)8-9-18-16(24)11-22(26)25(2,3)32-18/h8-10,12H,7,11,13H2,1-6H3. The molecule has 0 aromatic heterocycles. The van der Waals surface area contributed by atoms with Crippen LogP contribution in [0.5, 0.6) is 28.7 Å². The van der Waals surface area contributed by atoms with E-state index in [-0.39, 0.29) is 18.8 Å². The molecule has 2 aromatic carbocycles. The summed E-state index contributed by atoms with van der Waals surface area (Å²) in [5.41, 5.74) is 2.26. The Hall–Kier alpha value is -3.35. The minimum absolute atomic E-state index is 0.00858. The highest BCUT2D eigenvalue weighted by molar-refractivity contribution is 5.96. The van der Waals surface area contributed by atoms with Gasteiger partial charge >= 0.3 is 0 Å². The summed E-state index contributed by atoms with van der Waals surface area (Å²) in [6.07, 6.45) is 0.248. The van der Waals surface area contributed by atoms with Crippen LogP contribution in [0.1, 0.15) is 37.5 Å². The SMILES string of the molecule is CCOc1cc(OC)c(OC)cc1C1=C(OC)c2ccc3c(c2OC1)CC(=O)C(C)(C)O3. The second kappa shape index (κ2) is 8.30. The second-order valence-electron chi connectivity index (χ2n) is 8.07. The average molecular weight is 440 g/mol. The molecule has 7 heteroatoms. The van der Waals surface area contributed by atoms with Crippen molar-refractivity contribution in [2.75, 3.05) is 34.5 Å². The Bertz CT molecular complexity index is 1100. The van der Waals surface area contributed by atoms with Crippen molar-refractivity contribution in [1.82, 2.24) is 0 Å². The van der Waals surface area contributed by atoms with Crippen molar-refractivity contribution >= 4 is 17.1 Å². The number of ether oxygens (including phenoxy) is 6. The fourth-order valence-corrected chi connectivity index (χ4v) is 4.10. The molecule has 0 unspecified atom stereocenters. The van der Waals surface area contributed by atoms with Gasteiger partial charge in [0.15, 0.2) is 22.9 Å². The molecule has 2 heterocycles. The van der Waals surface area contributed by atoms with Gasteiger partial charge < -0.3 is 28.4 Å². The third-order valence-electron chi connectivity index (χ3n) is 5.79. The Morgan fingerprint density at radius 2 is 1.69 bits per heavy atom. The molecular weight excluding hydrogens is 412 g/mol. The van der Waals surface area contributed by atoms with Crippen LogP contribution < -0.4 is 23.7 Å². The fourth-order valence-electron chi connectivity index (χ4n) is 4.10. The Kier molecular flexibility index (Phi) is 5.67. The number of carbonyl (C=O) groups excluding carboxylic acids is 1. The highest BCUT2D eigenvalue weighted by atomic mass is 16.5. The maximum atomic E-state index is 12.6. The van der Waals surface area contributed by atoms with Crippen molar-refractivity contribution < 1.29 is 33.2 Å². The van der Waals surface area contributed by atoms with Gasteiger partial charge in [-0.25, -0.2) is 0 Å². The first-order chi connectivity index (χ1) is 15.3. The van der Waals surface area contributed by atoms with Gasteiger partial charge in [0.1, 0.15) is 29.6 Å². The second-order valence-corrected chi connectivity index (χ2v) is 8.07. The van der Waals surface area contributed by atoms with Gasteiger partial charge in [-0.05, 0) is 39.0 Å². The molecule has 4 rings (SSSR count). The van der Waals surface area contributed by atoms with Gasteiger partial charge in [0, 0.05) is 29.2 Å². The van der Waals surface area contributed by atoms with E-state index in [0.717, 1.165) is 22.3 Å². The fraction of sp³-hybridized carbons (Fsp3) is 0.400. The summed E-state index contributed by atoms with van der Waals surface area (Å²) in [5, 5.41) is 0. The van der Waals surface area contributed by atoms with Crippen LogP contribution >= 0.6 is 0 Å². The van der Waals surface area contributed by atoms with E-state index in [2.05, 4.69) is 0 Å². The van der Waals surface area contributed by atoms with Crippen molar-refractivity contribution in [3.63, 3.8) is 0 Å². The predicted octanol–water partition coefficient (Wildman–Crippen LogP) is 4.29. The number of fused-ring (bicyclic) bond motifs is 3. The number of methoxy groups -OCH3 is 3. The number of hydrogen-bond donors (Lipinski definition) is 0. The highest BCUT2D eigenvalue weighted by Crippen LogP contribution is 2.48. The molecule has 7 nitrogen and oxygen atoms in total. The molecule has 0 bridgehead atoms. The lowest BCUT2D eigenvalue weighted by atomic mass is 9.89. The first-order valence-electron chi connectivity index (χ1n) is 10.5. The van der Waals surface area contributed by atoms with Crippen molar-refractivity contribution in [2.24, 2.45) is 0 Å². The van der Waals surface area contributed by atoms with Gasteiger partial charge in [-0.2, -0.15) is 0 Å².